The van der Waals surface area contributed by atoms with Gasteiger partial charge in [-0.3, -0.25) is 14.6 Å². The first-order valence-electron chi connectivity index (χ1n) is 11.9. The molecule has 0 unspecified atom stereocenters. The number of hydrogen-bond donors (Lipinski definition) is 1. The van der Waals surface area contributed by atoms with E-state index in [0.717, 1.165) is 61.4 Å². The Kier molecular flexibility index (Phi) is 7.10. The number of carbonyl (C=O) groups is 2. The van der Waals surface area contributed by atoms with E-state index in [4.69, 9.17) is 0 Å². The van der Waals surface area contributed by atoms with Crippen molar-refractivity contribution >= 4 is 29.0 Å². The zero-order valence-corrected chi connectivity index (χ0v) is 19.3. The Morgan fingerprint density at radius 3 is 2.31 bits per heavy atom. The molecule has 32 heavy (non-hydrogen) atoms. The molecule has 1 fully saturated rings. The number of para-hydroxylation sites is 1. The van der Waals surface area contributed by atoms with Gasteiger partial charge in [0.05, 0.1) is 17.9 Å². The summed E-state index contributed by atoms with van der Waals surface area (Å²) in [6.45, 7) is 7.63. The maximum atomic E-state index is 13.7. The minimum Gasteiger partial charge on any atom is -0.325 e. The highest BCUT2D eigenvalue weighted by Crippen LogP contribution is 2.38. The van der Waals surface area contributed by atoms with Crippen LogP contribution in [0.15, 0.2) is 42.5 Å². The molecule has 0 radical (unpaired) electrons. The highest BCUT2D eigenvalue weighted by atomic mass is 16.2. The van der Waals surface area contributed by atoms with Gasteiger partial charge in [-0.25, -0.2) is 4.79 Å². The normalized spacial score (nSPS) is 16.0. The van der Waals surface area contributed by atoms with Crippen molar-refractivity contribution in [2.45, 2.75) is 46.0 Å². The van der Waals surface area contributed by atoms with Crippen LogP contribution in [0.2, 0.25) is 0 Å². The first-order valence-corrected chi connectivity index (χ1v) is 11.9. The topological polar surface area (TPSA) is 55.9 Å². The zero-order valence-electron chi connectivity index (χ0n) is 19.3. The third-order valence-corrected chi connectivity index (χ3v) is 6.58. The Balaban J connectivity index is 1.68. The molecule has 1 N–H and O–H groups in total. The van der Waals surface area contributed by atoms with Crippen molar-refractivity contribution in [3.8, 4) is 0 Å². The van der Waals surface area contributed by atoms with E-state index in [-0.39, 0.29) is 11.9 Å². The van der Waals surface area contributed by atoms with Crippen molar-refractivity contribution in [3.05, 3.63) is 53.6 Å². The van der Waals surface area contributed by atoms with Gasteiger partial charge in [0.2, 0.25) is 5.91 Å². The summed E-state index contributed by atoms with van der Waals surface area (Å²) in [5, 5.41) is 3.02. The van der Waals surface area contributed by atoms with Crippen LogP contribution in [0.1, 0.15) is 44.2 Å². The van der Waals surface area contributed by atoms with Crippen molar-refractivity contribution in [1.29, 1.82) is 0 Å². The Hall–Kier alpha value is -2.86. The number of anilines is 3. The van der Waals surface area contributed by atoms with Crippen LogP contribution in [-0.2, 0) is 17.6 Å². The molecule has 0 bridgehead atoms. The molecular formula is C26H34N4O2. The van der Waals surface area contributed by atoms with Gasteiger partial charge in [-0.15, -0.1) is 0 Å². The molecule has 0 spiro atoms. The molecule has 2 aliphatic rings. The SMILES string of the molecule is CCN(CC)C(=O)Nc1ccc2c(c1)N(C(=O)CN1CCCCC1)c1ccccc1CC2. The summed E-state index contributed by atoms with van der Waals surface area (Å²) in [7, 11) is 0. The van der Waals surface area contributed by atoms with Gasteiger partial charge >= 0.3 is 6.03 Å². The number of fused-ring (bicyclic) bond motifs is 2. The van der Waals surface area contributed by atoms with Crippen LogP contribution >= 0.6 is 0 Å². The molecule has 2 aromatic rings. The van der Waals surface area contributed by atoms with Crippen LogP contribution in [0.5, 0.6) is 0 Å². The van der Waals surface area contributed by atoms with Crippen molar-refractivity contribution in [2.75, 3.05) is 42.9 Å². The smallest absolute Gasteiger partial charge is 0.321 e. The summed E-state index contributed by atoms with van der Waals surface area (Å²) in [5.74, 6) is 0.0923. The lowest BCUT2D eigenvalue weighted by atomic mass is 10.0. The van der Waals surface area contributed by atoms with Crippen molar-refractivity contribution in [1.82, 2.24) is 9.80 Å². The lowest BCUT2D eigenvalue weighted by Crippen LogP contribution is -2.40. The van der Waals surface area contributed by atoms with Gasteiger partial charge in [0, 0.05) is 18.8 Å². The minimum atomic E-state index is -0.116. The van der Waals surface area contributed by atoms with E-state index in [1.54, 1.807) is 4.90 Å². The third kappa shape index (κ3) is 4.80. The number of carbonyl (C=O) groups excluding carboxylic acids is 2. The predicted molar refractivity (Wildman–Crippen MR) is 130 cm³/mol. The summed E-state index contributed by atoms with van der Waals surface area (Å²) < 4.78 is 0. The summed E-state index contributed by atoms with van der Waals surface area (Å²) in [6, 6.07) is 14.0. The molecule has 0 atom stereocenters. The second-order valence-electron chi connectivity index (χ2n) is 8.64. The monoisotopic (exact) mass is 434 g/mol. The number of nitrogens with one attached hydrogen (secondary N) is 1. The van der Waals surface area contributed by atoms with Crippen LogP contribution < -0.4 is 10.2 Å². The molecule has 170 valence electrons. The van der Waals surface area contributed by atoms with Gasteiger partial charge in [0.25, 0.3) is 0 Å². The molecule has 1 saturated heterocycles. The highest BCUT2D eigenvalue weighted by Gasteiger charge is 2.28. The molecule has 6 nitrogen and oxygen atoms in total. The first-order chi connectivity index (χ1) is 15.6. The van der Waals surface area contributed by atoms with E-state index in [1.807, 2.05) is 49.1 Å². The highest BCUT2D eigenvalue weighted by molar-refractivity contribution is 6.04. The van der Waals surface area contributed by atoms with Gasteiger partial charge in [0.15, 0.2) is 0 Å². The van der Waals surface area contributed by atoms with E-state index < -0.39 is 0 Å². The molecule has 2 heterocycles. The molecule has 0 aliphatic carbocycles. The van der Waals surface area contributed by atoms with E-state index in [1.165, 1.54) is 12.0 Å². The van der Waals surface area contributed by atoms with E-state index in [2.05, 4.69) is 22.3 Å². The van der Waals surface area contributed by atoms with Crippen molar-refractivity contribution in [3.63, 3.8) is 0 Å². The Morgan fingerprint density at radius 2 is 1.59 bits per heavy atom. The lowest BCUT2D eigenvalue weighted by molar-refractivity contribution is -0.119. The summed E-state index contributed by atoms with van der Waals surface area (Å²) >= 11 is 0. The van der Waals surface area contributed by atoms with Crippen LogP contribution in [0.25, 0.3) is 0 Å². The first kappa shape index (κ1) is 22.3. The van der Waals surface area contributed by atoms with Gasteiger partial charge in [-0.1, -0.05) is 30.7 Å². The number of nitrogens with zero attached hydrogens (tertiary/aromatic N) is 3. The van der Waals surface area contributed by atoms with Crippen LogP contribution in [-0.4, -0.2) is 54.5 Å². The maximum Gasteiger partial charge on any atom is 0.321 e. The lowest BCUT2D eigenvalue weighted by Gasteiger charge is -2.31. The fourth-order valence-corrected chi connectivity index (χ4v) is 4.76. The quantitative estimate of drug-likeness (QED) is 0.735. The zero-order chi connectivity index (χ0) is 22.5. The molecule has 4 rings (SSSR count). The van der Waals surface area contributed by atoms with Gasteiger partial charge in [0.1, 0.15) is 0 Å². The number of aryl methyl sites for hydroxylation is 2. The number of hydrogen-bond acceptors (Lipinski definition) is 3. The summed E-state index contributed by atoms with van der Waals surface area (Å²) in [6.07, 6.45) is 5.31. The van der Waals surface area contributed by atoms with Crippen LogP contribution in [0, 0.1) is 0 Å². The standard InChI is InChI=1S/C26H34N4O2/c1-3-29(4-2)26(32)27-22-15-14-21-13-12-20-10-6-7-11-23(20)30(24(21)18-22)25(31)19-28-16-8-5-9-17-28/h6-7,10-11,14-15,18H,3-5,8-9,12-13,16-17,19H2,1-2H3,(H,27,32). The van der Waals surface area contributed by atoms with Crippen molar-refractivity contribution < 1.29 is 9.59 Å². The third-order valence-electron chi connectivity index (χ3n) is 6.58. The van der Waals surface area contributed by atoms with E-state index >= 15 is 0 Å². The number of urea groups is 1. The molecule has 2 aromatic carbocycles. The van der Waals surface area contributed by atoms with Crippen LogP contribution in [0.4, 0.5) is 21.9 Å². The Bertz CT molecular complexity index is 964. The van der Waals surface area contributed by atoms with E-state index in [9.17, 15) is 9.59 Å². The predicted octanol–water partition coefficient (Wildman–Crippen LogP) is 4.81. The van der Waals surface area contributed by atoms with Gasteiger partial charge in [-0.2, -0.15) is 0 Å². The Morgan fingerprint density at radius 1 is 0.906 bits per heavy atom. The van der Waals surface area contributed by atoms with Crippen LogP contribution in [0.3, 0.4) is 0 Å². The second kappa shape index (κ2) is 10.2. The molecule has 0 aromatic heterocycles. The number of benzene rings is 2. The fraction of sp³-hybridized carbons (Fsp3) is 0.462. The molecule has 0 saturated carbocycles. The summed E-state index contributed by atoms with van der Waals surface area (Å²) in [4.78, 5) is 32.2. The minimum absolute atomic E-state index is 0.0923. The Labute approximate surface area is 191 Å². The largest absolute Gasteiger partial charge is 0.325 e. The van der Waals surface area contributed by atoms with Gasteiger partial charge in [-0.05, 0) is 81.9 Å². The number of amides is 3. The molecule has 6 heteroatoms. The molecule has 3 amide bonds. The number of piperidine rings is 1. The number of rotatable bonds is 5. The number of likely N-dealkylation sites (tertiary alicyclic amines) is 1. The van der Waals surface area contributed by atoms with Crippen molar-refractivity contribution in [2.24, 2.45) is 0 Å². The fourth-order valence-electron chi connectivity index (χ4n) is 4.76. The molecular weight excluding hydrogens is 400 g/mol. The summed E-state index contributed by atoms with van der Waals surface area (Å²) in [5.41, 5.74) is 4.88. The van der Waals surface area contributed by atoms with Gasteiger partial charge < -0.3 is 10.2 Å². The maximum absolute atomic E-state index is 13.7. The average molecular weight is 435 g/mol. The van der Waals surface area contributed by atoms with E-state index in [0.29, 0.717) is 19.6 Å². The molecule has 2 aliphatic heterocycles. The average Bonchev–Trinajstić information content (AvgIpc) is 2.97. The second-order valence-corrected chi connectivity index (χ2v) is 8.64.